The van der Waals surface area contributed by atoms with E-state index >= 15 is 0 Å². The number of fused-ring (bicyclic) bond motifs is 2. The molecule has 0 saturated heterocycles. The minimum absolute atomic E-state index is 0.00904. The number of carbonyl (C=O) groups is 6. The molecule has 2 aliphatic rings. The molecule has 2 heterocycles. The summed E-state index contributed by atoms with van der Waals surface area (Å²) in [5.41, 5.74) is 4.82. The van der Waals surface area contributed by atoms with E-state index in [4.69, 9.17) is 9.47 Å². The zero-order chi connectivity index (χ0) is 33.4. The van der Waals surface area contributed by atoms with Gasteiger partial charge in [-0.2, -0.15) is 0 Å². The number of cyclic esters (lactones) is 4. The number of carboxylic acids is 1. The Morgan fingerprint density at radius 1 is 0.565 bits per heavy atom. The molecule has 1 N–H and O–H groups in total. The molecule has 0 spiro atoms. The molecule has 6 rings (SSSR count). The van der Waals surface area contributed by atoms with Gasteiger partial charge in [-0.25, -0.2) is 28.8 Å². The van der Waals surface area contributed by atoms with Gasteiger partial charge in [-0.1, -0.05) is 12.1 Å². The molecule has 0 bridgehead atoms. The summed E-state index contributed by atoms with van der Waals surface area (Å²) in [6, 6.07) is 10.7. The molecule has 0 aliphatic carbocycles. The SMILES string of the molecule is Cc1ccc(C)c(-c2cc3c(c(-c4cc(C)c(OC(=O)c5ccc6c(c5)C(=O)OC6=O)c(C)c4C)c2C(=O)O)C(=O)OC3=O)c1C. The normalized spacial score (nSPS) is 13.3. The van der Waals surface area contributed by atoms with E-state index in [2.05, 4.69) is 4.74 Å². The fraction of sp³-hybridized carbons (Fsp3) is 0.167. The zero-order valence-corrected chi connectivity index (χ0v) is 25.7. The van der Waals surface area contributed by atoms with E-state index in [1.165, 1.54) is 24.3 Å². The van der Waals surface area contributed by atoms with Gasteiger partial charge in [-0.3, -0.25) is 0 Å². The summed E-state index contributed by atoms with van der Waals surface area (Å²) in [6.45, 7) is 10.6. The van der Waals surface area contributed by atoms with Crippen LogP contribution in [0.25, 0.3) is 22.3 Å². The Morgan fingerprint density at radius 3 is 1.89 bits per heavy atom. The van der Waals surface area contributed by atoms with Crippen LogP contribution in [0.15, 0.2) is 42.5 Å². The van der Waals surface area contributed by atoms with Crippen molar-refractivity contribution in [3.63, 3.8) is 0 Å². The highest BCUT2D eigenvalue weighted by Crippen LogP contribution is 2.45. The number of aryl methyl sites for hydroxylation is 3. The van der Waals surface area contributed by atoms with Crippen molar-refractivity contribution >= 4 is 35.8 Å². The number of hydrogen-bond acceptors (Lipinski definition) is 9. The molecule has 0 atom stereocenters. The third kappa shape index (κ3) is 4.49. The van der Waals surface area contributed by atoms with Crippen molar-refractivity contribution in [3.05, 3.63) is 109 Å². The second-order valence-electron chi connectivity index (χ2n) is 11.4. The molecule has 230 valence electrons. The van der Waals surface area contributed by atoms with E-state index in [0.29, 0.717) is 27.8 Å². The molecule has 2 aliphatic heterocycles. The number of esters is 5. The first-order valence-electron chi connectivity index (χ1n) is 14.2. The summed E-state index contributed by atoms with van der Waals surface area (Å²) >= 11 is 0. The molecule has 46 heavy (non-hydrogen) atoms. The van der Waals surface area contributed by atoms with Crippen LogP contribution in [-0.4, -0.2) is 40.9 Å². The monoisotopic (exact) mass is 618 g/mol. The lowest BCUT2D eigenvalue weighted by atomic mass is 9.81. The molecular formula is C36H26O10. The lowest BCUT2D eigenvalue weighted by molar-refractivity contribution is 0.0425. The number of aromatic carboxylic acids is 1. The number of rotatable bonds is 5. The first kappa shape index (κ1) is 30.1. The van der Waals surface area contributed by atoms with Crippen molar-refractivity contribution in [2.24, 2.45) is 0 Å². The Morgan fingerprint density at radius 2 is 1.20 bits per heavy atom. The van der Waals surface area contributed by atoms with Crippen molar-refractivity contribution in [2.45, 2.75) is 41.5 Å². The van der Waals surface area contributed by atoms with E-state index in [1.807, 2.05) is 32.9 Å². The van der Waals surface area contributed by atoms with Crippen LogP contribution < -0.4 is 4.74 Å². The summed E-state index contributed by atoms with van der Waals surface area (Å²) in [7, 11) is 0. The Bertz CT molecular complexity index is 2150. The highest BCUT2D eigenvalue weighted by Gasteiger charge is 2.39. The second-order valence-corrected chi connectivity index (χ2v) is 11.4. The van der Waals surface area contributed by atoms with Gasteiger partial charge in [-0.15, -0.1) is 0 Å². The molecule has 4 aromatic carbocycles. The van der Waals surface area contributed by atoms with E-state index < -0.39 is 35.8 Å². The maximum absolute atomic E-state index is 13.2. The van der Waals surface area contributed by atoms with Crippen molar-refractivity contribution in [1.82, 2.24) is 0 Å². The van der Waals surface area contributed by atoms with Crippen LogP contribution in [-0.2, 0) is 9.47 Å². The number of benzene rings is 4. The fourth-order valence-electron chi connectivity index (χ4n) is 6.14. The summed E-state index contributed by atoms with van der Waals surface area (Å²) in [4.78, 5) is 76.1. The molecule has 4 aromatic rings. The van der Waals surface area contributed by atoms with Gasteiger partial charge in [0.25, 0.3) is 0 Å². The molecule has 0 fully saturated rings. The van der Waals surface area contributed by atoms with E-state index in [1.54, 1.807) is 26.8 Å². The third-order valence-corrected chi connectivity index (χ3v) is 8.73. The standard InChI is InChI=1S/C36H26O10/c1-14-7-8-15(2)26(17(14)4)24-13-25-29(36(43)46-35(25)42)27(28(24)31(37)38)22-11-16(3)30(19(6)18(22)5)44-32(39)20-9-10-21-23(12-20)34(41)45-33(21)40/h7-13H,1-6H3,(H,37,38). The van der Waals surface area contributed by atoms with Crippen molar-refractivity contribution in [3.8, 4) is 28.0 Å². The maximum atomic E-state index is 13.2. The van der Waals surface area contributed by atoms with Gasteiger partial charge < -0.3 is 19.3 Å². The first-order valence-corrected chi connectivity index (χ1v) is 14.2. The topological polar surface area (TPSA) is 150 Å². The molecule has 0 unspecified atom stereocenters. The van der Waals surface area contributed by atoms with E-state index in [0.717, 1.165) is 16.7 Å². The number of carboxylic acid groups (broad SMARTS) is 1. The van der Waals surface area contributed by atoms with Crippen molar-refractivity contribution in [2.75, 3.05) is 0 Å². The zero-order valence-electron chi connectivity index (χ0n) is 25.7. The predicted octanol–water partition coefficient (Wildman–Crippen LogP) is 6.41. The van der Waals surface area contributed by atoms with Gasteiger partial charge in [0.2, 0.25) is 0 Å². The average Bonchev–Trinajstić information content (AvgIpc) is 3.46. The molecule has 0 radical (unpaired) electrons. The molecule has 0 amide bonds. The summed E-state index contributed by atoms with van der Waals surface area (Å²) in [5.74, 6) is -5.42. The lowest BCUT2D eigenvalue weighted by Gasteiger charge is -2.22. The Labute approximate surface area is 262 Å². The van der Waals surface area contributed by atoms with Gasteiger partial charge in [0.1, 0.15) is 5.75 Å². The molecule has 0 saturated carbocycles. The van der Waals surface area contributed by atoms with Gasteiger partial charge in [0.15, 0.2) is 0 Å². The van der Waals surface area contributed by atoms with Gasteiger partial charge in [0.05, 0.1) is 33.4 Å². The second kappa shape index (κ2) is 10.6. The van der Waals surface area contributed by atoms with Crippen LogP contribution in [0, 0.1) is 41.5 Å². The molecule has 0 aromatic heterocycles. The largest absolute Gasteiger partial charge is 0.478 e. The quantitative estimate of drug-likeness (QED) is 0.151. The van der Waals surface area contributed by atoms with Crippen LogP contribution in [0.2, 0.25) is 0 Å². The Kier molecular flexibility index (Phi) is 6.96. The smallest absolute Gasteiger partial charge is 0.347 e. The minimum atomic E-state index is -1.31. The van der Waals surface area contributed by atoms with Crippen LogP contribution in [0.3, 0.4) is 0 Å². The van der Waals surface area contributed by atoms with Crippen LogP contribution in [0.4, 0.5) is 0 Å². The summed E-state index contributed by atoms with van der Waals surface area (Å²) in [5, 5.41) is 10.7. The number of hydrogen-bond donors (Lipinski definition) is 1. The third-order valence-electron chi connectivity index (χ3n) is 8.73. The Balaban J connectivity index is 1.55. The highest BCUT2D eigenvalue weighted by molar-refractivity contribution is 6.22. The first-order chi connectivity index (χ1) is 21.7. The minimum Gasteiger partial charge on any atom is -0.478 e. The Hall–Kier alpha value is -5.90. The lowest BCUT2D eigenvalue weighted by Crippen LogP contribution is -2.13. The summed E-state index contributed by atoms with van der Waals surface area (Å²) < 4.78 is 15.3. The van der Waals surface area contributed by atoms with Crippen LogP contribution >= 0.6 is 0 Å². The van der Waals surface area contributed by atoms with Gasteiger partial charge in [-0.05, 0) is 122 Å². The summed E-state index contributed by atoms with van der Waals surface area (Å²) in [6.07, 6.45) is 0. The number of carbonyl (C=O) groups excluding carboxylic acids is 5. The molecule has 10 nitrogen and oxygen atoms in total. The van der Waals surface area contributed by atoms with Crippen molar-refractivity contribution < 1.29 is 48.1 Å². The predicted molar refractivity (Wildman–Crippen MR) is 164 cm³/mol. The fourth-order valence-corrected chi connectivity index (χ4v) is 6.14. The van der Waals surface area contributed by atoms with Gasteiger partial charge in [0, 0.05) is 5.56 Å². The van der Waals surface area contributed by atoms with Crippen LogP contribution in [0.5, 0.6) is 5.75 Å². The molecular weight excluding hydrogens is 592 g/mol. The average molecular weight is 619 g/mol. The molecule has 10 heteroatoms. The number of ether oxygens (including phenoxy) is 3. The highest BCUT2D eigenvalue weighted by atomic mass is 16.6. The maximum Gasteiger partial charge on any atom is 0.347 e. The van der Waals surface area contributed by atoms with Crippen molar-refractivity contribution in [1.29, 1.82) is 0 Å². The van der Waals surface area contributed by atoms with E-state index in [9.17, 15) is 33.9 Å². The van der Waals surface area contributed by atoms with E-state index in [-0.39, 0.29) is 50.3 Å². The van der Waals surface area contributed by atoms with Gasteiger partial charge >= 0.3 is 35.8 Å². The van der Waals surface area contributed by atoms with Crippen LogP contribution in [0.1, 0.15) is 95.5 Å².